The van der Waals surface area contributed by atoms with E-state index in [2.05, 4.69) is 16.0 Å². The summed E-state index contributed by atoms with van der Waals surface area (Å²) < 4.78 is 13.3. The molecule has 0 saturated heterocycles. The van der Waals surface area contributed by atoms with Gasteiger partial charge in [0.2, 0.25) is 11.8 Å². The van der Waals surface area contributed by atoms with Crippen molar-refractivity contribution in [1.82, 2.24) is 16.0 Å². The van der Waals surface area contributed by atoms with Gasteiger partial charge in [0.25, 0.3) is 5.91 Å². The third-order valence-electron chi connectivity index (χ3n) is 4.37. The van der Waals surface area contributed by atoms with E-state index in [1.807, 2.05) is 17.5 Å². The fourth-order valence-electron chi connectivity index (χ4n) is 2.81. The first kappa shape index (κ1) is 23.7. The summed E-state index contributed by atoms with van der Waals surface area (Å²) in [6.07, 6.45) is 0. The summed E-state index contributed by atoms with van der Waals surface area (Å²) in [7, 11) is 0. The van der Waals surface area contributed by atoms with Crippen molar-refractivity contribution in [2.45, 2.75) is 6.04 Å². The summed E-state index contributed by atoms with van der Waals surface area (Å²) in [6, 6.07) is 13.4. The molecule has 1 aromatic heterocycles. The average molecular weight is 494 g/mol. The van der Waals surface area contributed by atoms with Crippen LogP contribution in [0.5, 0.6) is 0 Å². The summed E-state index contributed by atoms with van der Waals surface area (Å²) in [5.74, 6) is -1.90. The molecular formula is C22H18Cl2FN3O3S. The van der Waals surface area contributed by atoms with Crippen LogP contribution in [-0.4, -0.2) is 30.8 Å². The molecule has 0 radical (unpaired) electrons. The van der Waals surface area contributed by atoms with E-state index >= 15 is 0 Å². The predicted molar refractivity (Wildman–Crippen MR) is 123 cm³/mol. The van der Waals surface area contributed by atoms with E-state index in [1.54, 1.807) is 12.1 Å². The number of nitrogens with one attached hydrogen (secondary N) is 3. The Hall–Kier alpha value is -2.94. The van der Waals surface area contributed by atoms with Crippen molar-refractivity contribution in [3.8, 4) is 0 Å². The van der Waals surface area contributed by atoms with E-state index in [0.29, 0.717) is 10.6 Å². The number of amides is 3. The quantitative estimate of drug-likeness (QED) is 0.444. The van der Waals surface area contributed by atoms with E-state index in [4.69, 9.17) is 23.2 Å². The SMILES string of the molecule is O=C(CNC(=O)c1ccc(Cl)cc1Cl)NCC(=O)NC(c1ccc(F)cc1)c1cccs1. The number of hydrogen-bond acceptors (Lipinski definition) is 4. The topological polar surface area (TPSA) is 87.3 Å². The van der Waals surface area contributed by atoms with E-state index in [1.165, 1.54) is 41.7 Å². The van der Waals surface area contributed by atoms with Crippen molar-refractivity contribution in [3.63, 3.8) is 0 Å². The van der Waals surface area contributed by atoms with Gasteiger partial charge in [-0.2, -0.15) is 0 Å². The van der Waals surface area contributed by atoms with Crippen LogP contribution < -0.4 is 16.0 Å². The Balaban J connectivity index is 1.52. The second-order valence-electron chi connectivity index (χ2n) is 6.65. The van der Waals surface area contributed by atoms with Crippen molar-refractivity contribution < 1.29 is 18.8 Å². The lowest BCUT2D eigenvalue weighted by Gasteiger charge is -2.18. The van der Waals surface area contributed by atoms with Gasteiger partial charge in [-0.3, -0.25) is 14.4 Å². The highest BCUT2D eigenvalue weighted by molar-refractivity contribution is 7.10. The Morgan fingerprint density at radius 2 is 1.66 bits per heavy atom. The summed E-state index contributed by atoms with van der Waals surface area (Å²) >= 11 is 13.2. The lowest BCUT2D eigenvalue weighted by Crippen LogP contribution is -2.42. The Labute approximate surface area is 197 Å². The van der Waals surface area contributed by atoms with Gasteiger partial charge in [0, 0.05) is 9.90 Å². The van der Waals surface area contributed by atoms with Crippen LogP contribution in [0.25, 0.3) is 0 Å². The van der Waals surface area contributed by atoms with E-state index in [9.17, 15) is 18.8 Å². The fraction of sp³-hybridized carbons (Fsp3) is 0.136. The molecule has 3 aromatic rings. The molecule has 3 amide bonds. The van der Waals surface area contributed by atoms with Crippen LogP contribution in [0.4, 0.5) is 4.39 Å². The van der Waals surface area contributed by atoms with Gasteiger partial charge in [0.1, 0.15) is 5.82 Å². The summed E-state index contributed by atoms with van der Waals surface area (Å²) in [5, 5.41) is 10.1. The van der Waals surface area contributed by atoms with Crippen LogP contribution in [0.15, 0.2) is 60.0 Å². The molecule has 166 valence electrons. The van der Waals surface area contributed by atoms with Crippen molar-refractivity contribution >= 4 is 52.3 Å². The molecule has 1 atom stereocenters. The molecule has 0 aliphatic heterocycles. The highest BCUT2D eigenvalue weighted by atomic mass is 35.5. The molecule has 3 N–H and O–H groups in total. The van der Waals surface area contributed by atoms with Crippen LogP contribution in [0.1, 0.15) is 26.8 Å². The summed E-state index contributed by atoms with van der Waals surface area (Å²) in [5.41, 5.74) is 0.889. The number of carbonyl (C=O) groups excluding carboxylic acids is 3. The van der Waals surface area contributed by atoms with Gasteiger partial charge < -0.3 is 16.0 Å². The predicted octanol–water partition coefficient (Wildman–Crippen LogP) is 3.95. The van der Waals surface area contributed by atoms with E-state index in [-0.39, 0.29) is 29.5 Å². The molecule has 0 spiro atoms. The molecule has 2 aromatic carbocycles. The lowest BCUT2D eigenvalue weighted by molar-refractivity contribution is -0.125. The molecule has 0 aliphatic carbocycles. The van der Waals surface area contributed by atoms with Crippen LogP contribution in [0.3, 0.4) is 0 Å². The minimum Gasteiger partial charge on any atom is -0.346 e. The van der Waals surface area contributed by atoms with Crippen LogP contribution in [0.2, 0.25) is 10.0 Å². The Morgan fingerprint density at radius 1 is 0.938 bits per heavy atom. The van der Waals surface area contributed by atoms with Crippen molar-refractivity contribution in [2.75, 3.05) is 13.1 Å². The molecule has 3 rings (SSSR count). The molecular weight excluding hydrogens is 476 g/mol. The molecule has 0 aliphatic rings. The van der Waals surface area contributed by atoms with Gasteiger partial charge in [-0.05, 0) is 47.3 Å². The minimum atomic E-state index is -0.548. The fourth-order valence-corrected chi connectivity index (χ4v) is 4.11. The van der Waals surface area contributed by atoms with Gasteiger partial charge in [0.15, 0.2) is 0 Å². The number of benzene rings is 2. The van der Waals surface area contributed by atoms with Gasteiger partial charge in [-0.25, -0.2) is 4.39 Å². The summed E-state index contributed by atoms with van der Waals surface area (Å²) in [6.45, 7) is -0.628. The molecule has 32 heavy (non-hydrogen) atoms. The van der Waals surface area contributed by atoms with Gasteiger partial charge in [-0.1, -0.05) is 41.4 Å². The van der Waals surface area contributed by atoms with Crippen molar-refractivity contribution in [2.24, 2.45) is 0 Å². The summed E-state index contributed by atoms with van der Waals surface area (Å²) in [4.78, 5) is 37.5. The number of thiophene rings is 1. The first-order valence-electron chi connectivity index (χ1n) is 9.41. The highest BCUT2D eigenvalue weighted by Gasteiger charge is 2.19. The maximum Gasteiger partial charge on any atom is 0.253 e. The second-order valence-corrected chi connectivity index (χ2v) is 8.47. The number of rotatable bonds is 8. The number of carbonyl (C=O) groups is 3. The zero-order valence-electron chi connectivity index (χ0n) is 16.5. The number of hydrogen-bond donors (Lipinski definition) is 3. The highest BCUT2D eigenvalue weighted by Crippen LogP contribution is 2.26. The molecule has 6 nitrogen and oxygen atoms in total. The van der Waals surface area contributed by atoms with Gasteiger partial charge in [-0.15, -0.1) is 11.3 Å². The molecule has 10 heteroatoms. The zero-order chi connectivity index (χ0) is 23.1. The largest absolute Gasteiger partial charge is 0.346 e. The van der Waals surface area contributed by atoms with E-state index < -0.39 is 23.8 Å². The molecule has 0 fully saturated rings. The minimum absolute atomic E-state index is 0.162. The Kier molecular flexibility index (Phi) is 8.21. The third-order valence-corrected chi connectivity index (χ3v) is 5.85. The molecule has 0 bridgehead atoms. The number of halogens is 3. The van der Waals surface area contributed by atoms with Gasteiger partial charge in [0.05, 0.1) is 29.7 Å². The van der Waals surface area contributed by atoms with Crippen LogP contribution in [0, 0.1) is 5.82 Å². The van der Waals surface area contributed by atoms with Crippen LogP contribution in [-0.2, 0) is 9.59 Å². The first-order chi connectivity index (χ1) is 15.3. The Morgan fingerprint density at radius 3 is 2.31 bits per heavy atom. The normalized spacial score (nSPS) is 11.5. The van der Waals surface area contributed by atoms with Crippen molar-refractivity contribution in [3.05, 3.63) is 91.8 Å². The first-order valence-corrected chi connectivity index (χ1v) is 11.0. The zero-order valence-corrected chi connectivity index (χ0v) is 18.9. The molecule has 1 heterocycles. The Bertz CT molecular complexity index is 1110. The average Bonchev–Trinajstić information content (AvgIpc) is 3.30. The second kappa shape index (κ2) is 11.1. The smallest absolute Gasteiger partial charge is 0.253 e. The lowest BCUT2D eigenvalue weighted by atomic mass is 10.1. The van der Waals surface area contributed by atoms with Gasteiger partial charge >= 0.3 is 0 Å². The van der Waals surface area contributed by atoms with Crippen molar-refractivity contribution in [1.29, 1.82) is 0 Å². The maximum absolute atomic E-state index is 13.3. The maximum atomic E-state index is 13.3. The third kappa shape index (κ3) is 6.53. The molecule has 1 unspecified atom stereocenters. The molecule has 0 saturated carbocycles. The standard InChI is InChI=1S/C22H18Cl2FN3O3S/c23-14-5-8-16(17(24)10-14)22(31)27-11-19(29)26-12-20(30)28-21(18-2-1-9-32-18)13-3-6-15(25)7-4-13/h1-10,21H,11-12H2,(H,26,29)(H,27,31)(H,28,30). The monoisotopic (exact) mass is 493 g/mol. The van der Waals surface area contributed by atoms with Crippen LogP contribution >= 0.6 is 34.5 Å². The van der Waals surface area contributed by atoms with E-state index in [0.717, 1.165) is 4.88 Å².